The van der Waals surface area contributed by atoms with Gasteiger partial charge in [0.15, 0.2) is 23.1 Å². The Labute approximate surface area is 153 Å². The molecule has 0 atom stereocenters. The zero-order chi connectivity index (χ0) is 18.8. The van der Waals surface area contributed by atoms with Gasteiger partial charge in [-0.1, -0.05) is 12.1 Å². The van der Waals surface area contributed by atoms with Crippen LogP contribution >= 0.6 is 0 Å². The molecule has 3 aromatic rings. The van der Waals surface area contributed by atoms with Gasteiger partial charge in [-0.3, -0.25) is 0 Å². The maximum absolute atomic E-state index is 12.2. The minimum atomic E-state index is -0.665. The highest BCUT2D eigenvalue weighted by Gasteiger charge is 2.19. The molecule has 0 spiro atoms. The topological polar surface area (TPSA) is 117 Å². The molecule has 0 unspecified atom stereocenters. The third kappa shape index (κ3) is 3.14. The molecule has 2 N–H and O–H groups in total. The van der Waals surface area contributed by atoms with E-state index in [0.717, 1.165) is 5.52 Å². The van der Waals surface area contributed by atoms with Crippen molar-refractivity contribution in [3.63, 3.8) is 0 Å². The van der Waals surface area contributed by atoms with Crippen molar-refractivity contribution < 1.29 is 24.1 Å². The summed E-state index contributed by atoms with van der Waals surface area (Å²) in [5.74, 6) is 0.137. The molecule has 8 heteroatoms. The van der Waals surface area contributed by atoms with Crippen molar-refractivity contribution >= 4 is 22.6 Å². The molecule has 1 aliphatic heterocycles. The first-order valence-electron chi connectivity index (χ1n) is 8.00. The number of para-hydroxylation sites is 2. The first kappa shape index (κ1) is 16.5. The molecule has 2 aromatic carbocycles. The van der Waals surface area contributed by atoms with Crippen molar-refractivity contribution in [1.29, 1.82) is 5.26 Å². The summed E-state index contributed by atoms with van der Waals surface area (Å²) in [5.41, 5.74) is 1.54. The Kier molecular flexibility index (Phi) is 4.10. The molecular formula is C19H13N3O5. The number of carbonyl (C=O) groups is 1. The number of fused-ring (bicyclic) bond motifs is 2. The second-order valence-corrected chi connectivity index (χ2v) is 5.68. The number of esters is 1. The molecule has 1 aliphatic rings. The summed E-state index contributed by atoms with van der Waals surface area (Å²) >= 11 is 0. The smallest absolute Gasteiger partial charge is 0.338 e. The van der Waals surface area contributed by atoms with Gasteiger partial charge in [0.2, 0.25) is 6.79 Å². The van der Waals surface area contributed by atoms with Crippen LogP contribution in [-0.4, -0.2) is 34.4 Å². The Balaban J connectivity index is 1.52. The number of hydrogen-bond acceptors (Lipinski definition) is 7. The van der Waals surface area contributed by atoms with Gasteiger partial charge in [0.1, 0.15) is 18.2 Å². The van der Waals surface area contributed by atoms with Crippen LogP contribution in [-0.2, 0) is 4.74 Å². The van der Waals surface area contributed by atoms with Crippen molar-refractivity contribution in [3.05, 3.63) is 59.6 Å². The van der Waals surface area contributed by atoms with Gasteiger partial charge in [-0.2, -0.15) is 5.26 Å². The van der Waals surface area contributed by atoms with Gasteiger partial charge >= 0.3 is 5.97 Å². The highest BCUT2D eigenvalue weighted by Crippen LogP contribution is 2.32. The van der Waals surface area contributed by atoms with E-state index in [1.165, 1.54) is 12.1 Å². The van der Waals surface area contributed by atoms with Crippen LogP contribution in [0.15, 0.2) is 48.2 Å². The van der Waals surface area contributed by atoms with Gasteiger partial charge in [0, 0.05) is 0 Å². The average Bonchev–Trinajstić information content (AvgIpc) is 3.32. The number of aromatic nitrogens is 2. The molecule has 4 rings (SSSR count). The van der Waals surface area contributed by atoms with E-state index in [9.17, 15) is 15.2 Å². The highest BCUT2D eigenvalue weighted by atomic mass is 16.7. The number of ether oxygens (including phenoxy) is 3. The number of allylic oxidation sites excluding steroid dienone is 1. The summed E-state index contributed by atoms with van der Waals surface area (Å²) < 4.78 is 15.5. The molecule has 0 aliphatic carbocycles. The minimum absolute atomic E-state index is 0.0929. The largest absolute Gasteiger partial charge is 0.507 e. The van der Waals surface area contributed by atoms with Crippen LogP contribution in [0.2, 0.25) is 0 Å². The van der Waals surface area contributed by atoms with E-state index in [4.69, 9.17) is 14.2 Å². The van der Waals surface area contributed by atoms with Crippen LogP contribution in [0.4, 0.5) is 0 Å². The normalized spacial score (nSPS) is 13.1. The molecule has 0 fully saturated rings. The first-order valence-corrected chi connectivity index (χ1v) is 8.00. The fourth-order valence-electron chi connectivity index (χ4n) is 2.64. The minimum Gasteiger partial charge on any atom is -0.507 e. The number of nitrogens with zero attached hydrogens (tertiary/aromatic N) is 2. The average molecular weight is 363 g/mol. The fraction of sp³-hybridized carbons (Fsp3) is 0.105. The van der Waals surface area contributed by atoms with Crippen molar-refractivity contribution in [2.45, 2.75) is 0 Å². The van der Waals surface area contributed by atoms with Crippen LogP contribution < -0.4 is 9.47 Å². The summed E-state index contributed by atoms with van der Waals surface area (Å²) in [5, 5.41) is 19.6. The van der Waals surface area contributed by atoms with E-state index in [1.54, 1.807) is 18.2 Å². The van der Waals surface area contributed by atoms with Crippen LogP contribution in [0.3, 0.4) is 0 Å². The Morgan fingerprint density at radius 3 is 2.89 bits per heavy atom. The van der Waals surface area contributed by atoms with Gasteiger partial charge < -0.3 is 24.3 Å². The molecule has 0 radical (unpaired) electrons. The molecule has 8 nitrogen and oxygen atoms in total. The lowest BCUT2D eigenvalue weighted by Gasteiger charge is -2.06. The lowest BCUT2D eigenvalue weighted by Crippen LogP contribution is -2.09. The number of nitriles is 1. The summed E-state index contributed by atoms with van der Waals surface area (Å²) in [7, 11) is 0. The molecule has 1 aromatic heterocycles. The molecule has 2 heterocycles. The third-order valence-electron chi connectivity index (χ3n) is 3.97. The summed E-state index contributed by atoms with van der Waals surface area (Å²) in [6, 6.07) is 13.7. The quantitative estimate of drug-likeness (QED) is 0.416. The molecule has 0 bridgehead atoms. The number of benzene rings is 2. The van der Waals surface area contributed by atoms with E-state index in [0.29, 0.717) is 17.0 Å². The fourth-order valence-corrected chi connectivity index (χ4v) is 2.64. The second-order valence-electron chi connectivity index (χ2n) is 5.68. The van der Waals surface area contributed by atoms with Crippen LogP contribution in [0.25, 0.3) is 16.6 Å². The number of hydrogen-bond donors (Lipinski definition) is 2. The van der Waals surface area contributed by atoms with Gasteiger partial charge in [0.05, 0.1) is 16.6 Å². The Bertz CT molecular complexity index is 1080. The zero-order valence-corrected chi connectivity index (χ0v) is 13.9. The van der Waals surface area contributed by atoms with E-state index in [2.05, 4.69) is 9.97 Å². The van der Waals surface area contributed by atoms with Gasteiger partial charge in [-0.15, -0.1) is 0 Å². The van der Waals surface area contributed by atoms with E-state index >= 15 is 0 Å². The van der Waals surface area contributed by atoms with Crippen molar-refractivity contribution in [3.8, 4) is 17.6 Å². The lowest BCUT2D eigenvalue weighted by atomic mass is 10.2. The Morgan fingerprint density at radius 1 is 1.26 bits per heavy atom. The van der Waals surface area contributed by atoms with Crippen LogP contribution in [0.5, 0.6) is 11.5 Å². The molecule has 27 heavy (non-hydrogen) atoms. The third-order valence-corrected chi connectivity index (χ3v) is 3.97. The number of carbonyl (C=O) groups excluding carboxylic acids is 1. The summed E-state index contributed by atoms with van der Waals surface area (Å²) in [6.45, 7) is -0.367. The van der Waals surface area contributed by atoms with E-state index in [-0.39, 0.29) is 23.8 Å². The van der Waals surface area contributed by atoms with Gasteiger partial charge in [-0.05, 0) is 30.3 Å². The van der Waals surface area contributed by atoms with E-state index in [1.807, 2.05) is 18.2 Å². The van der Waals surface area contributed by atoms with Gasteiger partial charge in [0.25, 0.3) is 0 Å². The number of nitrogens with one attached hydrogen (secondary N) is 1. The summed E-state index contributed by atoms with van der Waals surface area (Å²) in [4.78, 5) is 19.4. The predicted octanol–water partition coefficient (Wildman–Crippen LogP) is 2.94. The molecular weight excluding hydrogens is 350 g/mol. The lowest BCUT2D eigenvalue weighted by molar-refractivity contribution is 0.0502. The number of aromatic amines is 1. The molecule has 0 saturated heterocycles. The van der Waals surface area contributed by atoms with Crippen LogP contribution in [0, 0.1) is 11.3 Å². The maximum atomic E-state index is 12.2. The number of H-pyrrole nitrogens is 1. The van der Waals surface area contributed by atoms with E-state index < -0.39 is 18.3 Å². The Morgan fingerprint density at radius 2 is 2.07 bits per heavy atom. The standard InChI is InChI=1S/C19H13N3O5/c20-8-12(18-21-13-3-1-2-4-14(13)22-18)15(23)9-25-19(24)11-5-6-16-17(7-11)27-10-26-16/h1-7,23H,9-10H2,(H,21,22)/b15-12+. The predicted molar refractivity (Wildman–Crippen MR) is 94.1 cm³/mol. The van der Waals surface area contributed by atoms with Crippen molar-refractivity contribution in [2.75, 3.05) is 13.4 Å². The number of aliphatic hydroxyl groups is 1. The number of imidazole rings is 1. The molecule has 134 valence electrons. The highest BCUT2D eigenvalue weighted by molar-refractivity contribution is 5.90. The summed E-state index contributed by atoms with van der Waals surface area (Å²) in [6.07, 6.45) is 0. The van der Waals surface area contributed by atoms with Gasteiger partial charge in [-0.25, -0.2) is 9.78 Å². The monoisotopic (exact) mass is 363 g/mol. The molecule has 0 amide bonds. The zero-order valence-electron chi connectivity index (χ0n) is 13.9. The number of aliphatic hydroxyl groups excluding tert-OH is 1. The maximum Gasteiger partial charge on any atom is 0.338 e. The van der Waals surface area contributed by atoms with Crippen molar-refractivity contribution in [2.24, 2.45) is 0 Å². The number of rotatable bonds is 4. The molecule has 0 saturated carbocycles. The Hall–Kier alpha value is -3.99. The SMILES string of the molecule is N#C/C(=C(\O)COC(=O)c1ccc2c(c1)OCO2)c1nc2ccccc2[nH]1. The second kappa shape index (κ2) is 6.72. The first-order chi connectivity index (χ1) is 13.2. The van der Waals surface area contributed by atoms with Crippen LogP contribution in [0.1, 0.15) is 16.2 Å². The van der Waals surface area contributed by atoms with Crippen molar-refractivity contribution in [1.82, 2.24) is 9.97 Å².